The summed E-state index contributed by atoms with van der Waals surface area (Å²) in [5.74, 6) is 0.941. The molecule has 2 aromatic carbocycles. The highest BCUT2D eigenvalue weighted by Gasteiger charge is 2.29. The topological polar surface area (TPSA) is 15.7 Å². The van der Waals surface area contributed by atoms with Gasteiger partial charge in [-0.15, -0.1) is 0 Å². The van der Waals surface area contributed by atoms with E-state index in [1.807, 2.05) is 11.8 Å². The number of fused-ring (bicyclic) bond motifs is 2. The summed E-state index contributed by atoms with van der Waals surface area (Å²) in [7, 11) is 3.96. The zero-order valence-electron chi connectivity index (χ0n) is 14.4. The third-order valence-electron chi connectivity index (χ3n) is 5.16. The van der Waals surface area contributed by atoms with E-state index < -0.39 is 0 Å². The van der Waals surface area contributed by atoms with Gasteiger partial charge >= 0.3 is 0 Å². The second-order valence-corrected chi connectivity index (χ2v) is 7.76. The number of hydrogen-bond acceptors (Lipinski definition) is 4. The van der Waals surface area contributed by atoms with E-state index in [1.54, 1.807) is 7.11 Å². The van der Waals surface area contributed by atoms with Crippen molar-refractivity contribution in [3.8, 4) is 5.75 Å². The third-order valence-corrected chi connectivity index (χ3v) is 6.36. The van der Waals surface area contributed by atoms with Crippen LogP contribution in [0, 0.1) is 0 Å². The smallest absolute Gasteiger partial charge is 0.120 e. The maximum Gasteiger partial charge on any atom is 0.120 e. The maximum atomic E-state index is 5.43. The van der Waals surface area contributed by atoms with Crippen molar-refractivity contribution in [3.63, 3.8) is 0 Å². The summed E-state index contributed by atoms with van der Waals surface area (Å²) < 4.78 is 5.43. The lowest BCUT2D eigenvalue weighted by Gasteiger charge is -2.38. The predicted molar refractivity (Wildman–Crippen MR) is 99.1 cm³/mol. The van der Waals surface area contributed by atoms with Crippen LogP contribution >= 0.6 is 11.8 Å². The van der Waals surface area contributed by atoms with Gasteiger partial charge in [-0.05, 0) is 42.8 Å². The van der Waals surface area contributed by atoms with E-state index >= 15 is 0 Å². The van der Waals surface area contributed by atoms with Gasteiger partial charge in [-0.3, -0.25) is 4.90 Å². The van der Waals surface area contributed by atoms with E-state index in [4.69, 9.17) is 4.74 Å². The number of methoxy groups -OCH3 is 1. The quantitative estimate of drug-likeness (QED) is 0.828. The zero-order valence-corrected chi connectivity index (χ0v) is 15.2. The summed E-state index contributed by atoms with van der Waals surface area (Å²) in [5.41, 5.74) is 2.91. The van der Waals surface area contributed by atoms with Gasteiger partial charge in [-0.25, -0.2) is 0 Å². The third kappa shape index (κ3) is 3.06. The summed E-state index contributed by atoms with van der Waals surface area (Å²) in [6.07, 6.45) is 1.08. The Bertz CT molecular complexity index is 725. The van der Waals surface area contributed by atoms with Gasteiger partial charge in [0.1, 0.15) is 5.75 Å². The van der Waals surface area contributed by atoms with E-state index in [2.05, 4.69) is 59.3 Å². The van der Waals surface area contributed by atoms with E-state index in [-0.39, 0.29) is 0 Å². The molecular weight excluding hydrogens is 316 g/mol. The van der Waals surface area contributed by atoms with Crippen molar-refractivity contribution in [3.05, 3.63) is 53.6 Å². The van der Waals surface area contributed by atoms with Crippen LogP contribution in [0.25, 0.3) is 0 Å². The highest BCUT2D eigenvalue weighted by atomic mass is 32.2. The van der Waals surface area contributed by atoms with Gasteiger partial charge in [0.25, 0.3) is 0 Å². The molecule has 1 saturated heterocycles. The van der Waals surface area contributed by atoms with Gasteiger partial charge < -0.3 is 9.64 Å². The SMILES string of the molecule is COc1ccc2c(c1)Sc1ccccc1C(N1CCN(C)CC1)C2. The Hall–Kier alpha value is -1.49. The molecule has 1 unspecified atom stereocenters. The first-order valence-electron chi connectivity index (χ1n) is 8.61. The molecule has 2 aromatic rings. The molecular formula is C20H24N2OS. The summed E-state index contributed by atoms with van der Waals surface area (Å²) in [6.45, 7) is 4.60. The second kappa shape index (κ2) is 6.79. The molecule has 126 valence electrons. The van der Waals surface area contributed by atoms with Gasteiger partial charge in [-0.1, -0.05) is 36.0 Å². The monoisotopic (exact) mass is 340 g/mol. The average Bonchev–Trinajstić information content (AvgIpc) is 2.78. The Morgan fingerprint density at radius 1 is 1.00 bits per heavy atom. The van der Waals surface area contributed by atoms with Crippen molar-refractivity contribution < 1.29 is 4.74 Å². The molecule has 0 amide bonds. The van der Waals surface area contributed by atoms with Crippen LogP contribution < -0.4 is 4.74 Å². The van der Waals surface area contributed by atoms with Crippen LogP contribution in [0.1, 0.15) is 17.2 Å². The van der Waals surface area contributed by atoms with Crippen LogP contribution in [0.15, 0.2) is 52.3 Å². The fourth-order valence-corrected chi connectivity index (χ4v) is 4.83. The lowest BCUT2D eigenvalue weighted by molar-refractivity contribution is 0.110. The summed E-state index contributed by atoms with van der Waals surface area (Å²) in [4.78, 5) is 7.80. The predicted octanol–water partition coefficient (Wildman–Crippen LogP) is 3.69. The van der Waals surface area contributed by atoms with Crippen molar-refractivity contribution in [2.45, 2.75) is 22.3 Å². The molecule has 1 atom stereocenters. The Balaban J connectivity index is 1.73. The summed E-state index contributed by atoms with van der Waals surface area (Å²) in [5, 5.41) is 0. The molecule has 0 N–H and O–H groups in total. The molecule has 2 heterocycles. The van der Waals surface area contributed by atoms with Crippen molar-refractivity contribution in [2.24, 2.45) is 0 Å². The van der Waals surface area contributed by atoms with Crippen LogP contribution in [-0.4, -0.2) is 50.1 Å². The minimum absolute atomic E-state index is 0.469. The molecule has 2 aliphatic heterocycles. The van der Waals surface area contributed by atoms with Crippen LogP contribution in [0.5, 0.6) is 5.75 Å². The van der Waals surface area contributed by atoms with Crippen LogP contribution in [0.3, 0.4) is 0 Å². The Kier molecular flexibility index (Phi) is 4.53. The molecule has 0 radical (unpaired) electrons. The van der Waals surface area contributed by atoms with Gasteiger partial charge in [0.15, 0.2) is 0 Å². The maximum absolute atomic E-state index is 5.43. The lowest BCUT2D eigenvalue weighted by Crippen LogP contribution is -2.46. The normalized spacial score (nSPS) is 21.7. The van der Waals surface area contributed by atoms with Crippen LogP contribution in [0.4, 0.5) is 0 Å². The summed E-state index contributed by atoms with van der Waals surface area (Å²) in [6, 6.07) is 15.9. The minimum Gasteiger partial charge on any atom is -0.497 e. The van der Waals surface area contributed by atoms with Crippen LogP contribution in [-0.2, 0) is 6.42 Å². The van der Waals surface area contributed by atoms with Gasteiger partial charge in [0, 0.05) is 42.0 Å². The van der Waals surface area contributed by atoms with Crippen molar-refractivity contribution in [1.29, 1.82) is 0 Å². The highest BCUT2D eigenvalue weighted by Crippen LogP contribution is 2.43. The molecule has 1 fully saturated rings. The van der Waals surface area contributed by atoms with Gasteiger partial charge in [0.05, 0.1) is 7.11 Å². The van der Waals surface area contributed by atoms with Crippen molar-refractivity contribution in [2.75, 3.05) is 40.3 Å². The highest BCUT2D eigenvalue weighted by molar-refractivity contribution is 7.99. The molecule has 0 aliphatic carbocycles. The fourth-order valence-electron chi connectivity index (χ4n) is 3.67. The van der Waals surface area contributed by atoms with E-state index in [0.717, 1.165) is 38.3 Å². The van der Waals surface area contributed by atoms with Crippen molar-refractivity contribution in [1.82, 2.24) is 9.80 Å². The summed E-state index contributed by atoms with van der Waals surface area (Å²) >= 11 is 1.88. The van der Waals surface area contributed by atoms with E-state index in [0.29, 0.717) is 6.04 Å². The molecule has 0 aromatic heterocycles. The number of likely N-dealkylation sites (N-methyl/N-ethyl adjacent to an activating group) is 1. The van der Waals surface area contributed by atoms with E-state index in [1.165, 1.54) is 20.9 Å². The average molecular weight is 340 g/mol. The minimum atomic E-state index is 0.469. The number of piperazine rings is 1. The van der Waals surface area contributed by atoms with Crippen molar-refractivity contribution >= 4 is 11.8 Å². The molecule has 0 spiro atoms. The van der Waals surface area contributed by atoms with E-state index in [9.17, 15) is 0 Å². The Morgan fingerprint density at radius 2 is 1.79 bits per heavy atom. The standard InChI is InChI=1S/C20H24N2OS/c1-21-9-11-22(12-10-21)18-13-15-7-8-16(23-2)14-20(15)24-19-6-4-3-5-17(18)19/h3-8,14,18H,9-13H2,1-2H3. The molecule has 3 nitrogen and oxygen atoms in total. The van der Waals surface area contributed by atoms with Gasteiger partial charge in [0.2, 0.25) is 0 Å². The molecule has 0 saturated carbocycles. The molecule has 4 heteroatoms. The Labute approximate surface area is 148 Å². The molecule has 0 bridgehead atoms. The number of hydrogen-bond donors (Lipinski definition) is 0. The first-order valence-corrected chi connectivity index (χ1v) is 9.42. The molecule has 24 heavy (non-hydrogen) atoms. The Morgan fingerprint density at radius 3 is 2.58 bits per heavy atom. The lowest BCUT2D eigenvalue weighted by atomic mass is 9.96. The fraction of sp³-hybridized carbons (Fsp3) is 0.400. The largest absolute Gasteiger partial charge is 0.497 e. The van der Waals surface area contributed by atoms with Gasteiger partial charge in [-0.2, -0.15) is 0 Å². The number of benzene rings is 2. The first-order chi connectivity index (χ1) is 11.7. The second-order valence-electron chi connectivity index (χ2n) is 6.67. The van der Waals surface area contributed by atoms with Crippen LogP contribution in [0.2, 0.25) is 0 Å². The number of nitrogens with zero attached hydrogens (tertiary/aromatic N) is 2. The number of rotatable bonds is 2. The molecule has 2 aliphatic rings. The zero-order chi connectivity index (χ0) is 16.5. The molecule has 4 rings (SSSR count). The number of ether oxygens (including phenoxy) is 1. The first kappa shape index (κ1) is 16.0.